The summed E-state index contributed by atoms with van der Waals surface area (Å²) in [5.41, 5.74) is 10.9. The van der Waals surface area contributed by atoms with Gasteiger partial charge in [0.05, 0.1) is 5.39 Å². The van der Waals surface area contributed by atoms with Gasteiger partial charge in [-0.15, -0.1) is 0 Å². The van der Waals surface area contributed by atoms with Crippen LogP contribution in [-0.2, 0) is 4.74 Å². The van der Waals surface area contributed by atoms with Gasteiger partial charge < -0.3 is 20.4 Å². The van der Waals surface area contributed by atoms with Gasteiger partial charge in [-0.3, -0.25) is 4.79 Å². The minimum absolute atomic E-state index is 0.300. The van der Waals surface area contributed by atoms with Crippen LogP contribution in [0.2, 0.25) is 0 Å². The molecule has 0 bridgehead atoms. The standard InChI is InChI=1S/C25H25N5O2/c1-16-3-2-4-20(13-16)30-14-21(17-5-7-18(8-6-17)23(26)31)22-24(27-15-28-25(22)30)29-19-9-11-32-12-10-19/h2-8,13-15,19H,9-12H2,1H3,(H2,26,31)(H,27,28,29). The number of rotatable bonds is 5. The lowest BCUT2D eigenvalue weighted by Gasteiger charge is -2.24. The number of hydrogen-bond donors (Lipinski definition) is 2. The lowest BCUT2D eigenvalue weighted by molar-refractivity contribution is 0.0904. The number of benzene rings is 2. The van der Waals surface area contributed by atoms with Gasteiger partial charge in [-0.05, 0) is 55.2 Å². The first-order valence-electron chi connectivity index (χ1n) is 10.8. The van der Waals surface area contributed by atoms with Gasteiger partial charge in [-0.2, -0.15) is 0 Å². The summed E-state index contributed by atoms with van der Waals surface area (Å²) in [7, 11) is 0. The Labute approximate surface area is 186 Å². The molecule has 1 amide bonds. The van der Waals surface area contributed by atoms with Crippen molar-refractivity contribution >= 4 is 22.8 Å². The van der Waals surface area contributed by atoms with Gasteiger partial charge in [0.2, 0.25) is 5.91 Å². The van der Waals surface area contributed by atoms with Gasteiger partial charge in [-0.1, -0.05) is 24.3 Å². The molecule has 1 fully saturated rings. The molecular formula is C25H25N5O2. The molecule has 1 aliphatic rings. The number of nitrogens with zero attached hydrogens (tertiary/aromatic N) is 3. The van der Waals surface area contributed by atoms with Crippen molar-refractivity contribution in [1.29, 1.82) is 0 Å². The molecule has 3 N–H and O–H groups in total. The quantitative estimate of drug-likeness (QED) is 0.500. The molecular weight excluding hydrogens is 402 g/mol. The van der Waals surface area contributed by atoms with Crippen LogP contribution in [0.25, 0.3) is 27.8 Å². The SMILES string of the molecule is Cc1cccc(-n2cc(-c3ccc(C(N)=O)cc3)c3c(NC4CCOCC4)ncnc32)c1. The molecule has 0 aliphatic carbocycles. The van der Waals surface area contributed by atoms with Crippen LogP contribution in [0.3, 0.4) is 0 Å². The first-order chi connectivity index (χ1) is 15.6. The van der Waals surface area contributed by atoms with E-state index in [1.807, 2.05) is 18.2 Å². The fraction of sp³-hybridized carbons (Fsp3) is 0.240. The van der Waals surface area contributed by atoms with Gasteiger partial charge in [0.1, 0.15) is 12.1 Å². The van der Waals surface area contributed by atoms with E-state index in [2.05, 4.69) is 51.2 Å². The highest BCUT2D eigenvalue weighted by molar-refractivity contribution is 6.02. The minimum Gasteiger partial charge on any atom is -0.381 e. The molecule has 2 aromatic heterocycles. The van der Waals surface area contributed by atoms with E-state index < -0.39 is 5.91 Å². The number of aryl methyl sites for hydroxylation is 1. The Hall–Kier alpha value is -3.71. The van der Waals surface area contributed by atoms with Crippen LogP contribution >= 0.6 is 0 Å². The predicted octanol–water partition coefficient (Wildman–Crippen LogP) is 4.09. The molecule has 4 aromatic rings. The number of aromatic nitrogens is 3. The maximum absolute atomic E-state index is 11.5. The Bertz CT molecular complexity index is 1270. The summed E-state index contributed by atoms with van der Waals surface area (Å²) >= 11 is 0. The van der Waals surface area contributed by atoms with Crippen LogP contribution in [0.1, 0.15) is 28.8 Å². The fourth-order valence-corrected chi connectivity index (χ4v) is 4.21. The van der Waals surface area contributed by atoms with E-state index in [0.717, 1.165) is 59.7 Å². The number of carbonyl (C=O) groups excluding carboxylic acids is 1. The summed E-state index contributed by atoms with van der Waals surface area (Å²) in [5, 5.41) is 4.57. The smallest absolute Gasteiger partial charge is 0.248 e. The lowest BCUT2D eigenvalue weighted by atomic mass is 10.0. The van der Waals surface area contributed by atoms with Crippen molar-refractivity contribution in [1.82, 2.24) is 14.5 Å². The van der Waals surface area contributed by atoms with Gasteiger partial charge >= 0.3 is 0 Å². The van der Waals surface area contributed by atoms with E-state index >= 15 is 0 Å². The number of carbonyl (C=O) groups is 1. The van der Waals surface area contributed by atoms with Crippen molar-refractivity contribution in [2.45, 2.75) is 25.8 Å². The summed E-state index contributed by atoms with van der Waals surface area (Å²) in [6.07, 6.45) is 5.57. The fourth-order valence-electron chi connectivity index (χ4n) is 4.21. The van der Waals surface area contributed by atoms with Crippen LogP contribution in [-0.4, -0.2) is 39.7 Å². The molecule has 1 aliphatic heterocycles. The summed E-state index contributed by atoms with van der Waals surface area (Å²) in [4.78, 5) is 20.8. The second kappa shape index (κ2) is 8.43. The van der Waals surface area contributed by atoms with Crippen LogP contribution in [0, 0.1) is 6.92 Å². The van der Waals surface area contributed by atoms with Crippen LogP contribution in [0.15, 0.2) is 61.1 Å². The third kappa shape index (κ3) is 3.83. The third-order valence-electron chi connectivity index (χ3n) is 5.91. The van der Waals surface area contributed by atoms with Crippen molar-refractivity contribution in [3.8, 4) is 16.8 Å². The monoisotopic (exact) mass is 427 g/mol. The first-order valence-corrected chi connectivity index (χ1v) is 10.8. The van der Waals surface area contributed by atoms with Crippen LogP contribution < -0.4 is 11.1 Å². The van der Waals surface area contributed by atoms with E-state index in [4.69, 9.17) is 10.5 Å². The van der Waals surface area contributed by atoms with E-state index in [1.54, 1.807) is 18.5 Å². The molecule has 1 saturated heterocycles. The average Bonchev–Trinajstić information content (AvgIpc) is 3.21. The average molecular weight is 428 g/mol. The summed E-state index contributed by atoms with van der Waals surface area (Å²) in [6, 6.07) is 16.0. The maximum Gasteiger partial charge on any atom is 0.248 e. The maximum atomic E-state index is 11.5. The van der Waals surface area contributed by atoms with Crippen molar-refractivity contribution < 1.29 is 9.53 Å². The topological polar surface area (TPSA) is 95.1 Å². The molecule has 7 nitrogen and oxygen atoms in total. The zero-order valence-corrected chi connectivity index (χ0v) is 17.9. The van der Waals surface area contributed by atoms with Crippen molar-refractivity contribution in [3.05, 3.63) is 72.2 Å². The van der Waals surface area contributed by atoms with E-state index in [0.29, 0.717) is 11.6 Å². The summed E-state index contributed by atoms with van der Waals surface area (Å²) in [5.74, 6) is 0.367. The number of hydrogen-bond acceptors (Lipinski definition) is 5. The highest BCUT2D eigenvalue weighted by Crippen LogP contribution is 2.36. The van der Waals surface area contributed by atoms with E-state index in [-0.39, 0.29) is 0 Å². The highest BCUT2D eigenvalue weighted by Gasteiger charge is 2.21. The molecule has 0 saturated carbocycles. The second-order valence-electron chi connectivity index (χ2n) is 8.15. The van der Waals surface area contributed by atoms with Crippen molar-refractivity contribution in [3.63, 3.8) is 0 Å². The van der Waals surface area contributed by atoms with Crippen molar-refractivity contribution in [2.24, 2.45) is 5.73 Å². The Balaban J connectivity index is 1.68. The Kier molecular flexibility index (Phi) is 5.33. The summed E-state index contributed by atoms with van der Waals surface area (Å²) < 4.78 is 7.60. The molecule has 3 heterocycles. The lowest BCUT2D eigenvalue weighted by Crippen LogP contribution is -2.28. The minimum atomic E-state index is -0.441. The molecule has 5 rings (SSSR count). The Morgan fingerprint density at radius 2 is 1.91 bits per heavy atom. The number of primary amides is 1. The number of anilines is 1. The van der Waals surface area contributed by atoms with Gasteiger partial charge in [0.25, 0.3) is 0 Å². The zero-order valence-electron chi connectivity index (χ0n) is 17.9. The number of ether oxygens (including phenoxy) is 1. The predicted molar refractivity (Wildman–Crippen MR) is 125 cm³/mol. The number of amides is 1. The largest absolute Gasteiger partial charge is 0.381 e. The molecule has 2 aromatic carbocycles. The number of nitrogens with two attached hydrogens (primary N) is 1. The molecule has 162 valence electrons. The zero-order chi connectivity index (χ0) is 22.1. The first kappa shape index (κ1) is 20.2. The number of fused-ring (bicyclic) bond motifs is 1. The molecule has 0 spiro atoms. The molecule has 0 unspecified atom stereocenters. The van der Waals surface area contributed by atoms with E-state index in [9.17, 15) is 4.79 Å². The van der Waals surface area contributed by atoms with Gasteiger partial charge in [-0.25, -0.2) is 9.97 Å². The van der Waals surface area contributed by atoms with E-state index in [1.165, 1.54) is 5.56 Å². The Morgan fingerprint density at radius 1 is 1.12 bits per heavy atom. The normalized spacial score (nSPS) is 14.5. The highest BCUT2D eigenvalue weighted by atomic mass is 16.5. The number of nitrogens with one attached hydrogen (secondary N) is 1. The Morgan fingerprint density at radius 3 is 2.62 bits per heavy atom. The van der Waals surface area contributed by atoms with Crippen molar-refractivity contribution in [2.75, 3.05) is 18.5 Å². The second-order valence-corrected chi connectivity index (χ2v) is 8.15. The van der Waals surface area contributed by atoms with Crippen LogP contribution in [0.5, 0.6) is 0 Å². The van der Waals surface area contributed by atoms with Gasteiger partial charge in [0.15, 0.2) is 5.65 Å². The molecule has 32 heavy (non-hydrogen) atoms. The third-order valence-corrected chi connectivity index (χ3v) is 5.91. The van der Waals surface area contributed by atoms with Crippen LogP contribution in [0.4, 0.5) is 5.82 Å². The molecule has 7 heteroatoms. The summed E-state index contributed by atoms with van der Waals surface area (Å²) in [6.45, 7) is 3.57. The molecule has 0 atom stereocenters. The molecule has 0 radical (unpaired) electrons. The van der Waals surface area contributed by atoms with Gasteiger partial charge in [0, 0.05) is 42.3 Å².